The van der Waals surface area contributed by atoms with Crippen LogP contribution in [0, 0.1) is 16.0 Å². The molecule has 0 N–H and O–H groups in total. The molecule has 29 heavy (non-hydrogen) atoms. The van der Waals surface area contributed by atoms with Gasteiger partial charge in [-0.05, 0) is 53.5 Å². The first kappa shape index (κ1) is 22.6. The summed E-state index contributed by atoms with van der Waals surface area (Å²) in [5.74, 6) is -0.878. The number of anilines is 1. The monoisotopic (exact) mass is 405 g/mol. The van der Waals surface area contributed by atoms with E-state index in [4.69, 9.17) is 4.74 Å². The van der Waals surface area contributed by atoms with Crippen LogP contribution in [0.2, 0.25) is 0 Å². The number of amides is 1. The van der Waals surface area contributed by atoms with Crippen LogP contribution < -0.4 is 4.90 Å². The van der Waals surface area contributed by atoms with E-state index in [9.17, 15) is 19.7 Å². The minimum absolute atomic E-state index is 0.0218. The Morgan fingerprint density at radius 1 is 1.10 bits per heavy atom. The first-order valence-corrected chi connectivity index (χ1v) is 10.1. The number of rotatable bonds is 7. The normalized spacial score (nSPS) is 16.0. The largest absolute Gasteiger partial charge is 0.452 e. The summed E-state index contributed by atoms with van der Waals surface area (Å²) in [4.78, 5) is 39.7. The van der Waals surface area contributed by atoms with Gasteiger partial charge >= 0.3 is 5.97 Å². The molecule has 1 aliphatic heterocycles. The average molecular weight is 405 g/mol. The molecule has 1 aromatic carbocycles. The number of ether oxygens (including phenoxy) is 1. The summed E-state index contributed by atoms with van der Waals surface area (Å²) in [6, 6.07) is 6.66. The smallest absolute Gasteiger partial charge is 0.309 e. The molecule has 0 saturated carbocycles. The molecule has 8 heteroatoms. The predicted octanol–water partition coefficient (Wildman–Crippen LogP) is 3.39. The zero-order valence-corrected chi connectivity index (χ0v) is 17.8. The number of esters is 1. The zero-order chi connectivity index (χ0) is 21.7. The van der Waals surface area contributed by atoms with Gasteiger partial charge in [0.05, 0.1) is 10.8 Å². The molecule has 0 unspecified atom stereocenters. The Kier molecular flexibility index (Phi) is 7.59. The molecule has 1 fully saturated rings. The molecular weight excluding hydrogens is 374 g/mol. The lowest BCUT2D eigenvalue weighted by Gasteiger charge is -2.34. The van der Waals surface area contributed by atoms with Crippen molar-refractivity contribution in [3.8, 4) is 0 Å². The second-order valence-corrected chi connectivity index (χ2v) is 8.02. The number of hydrogen-bond donors (Lipinski definition) is 0. The van der Waals surface area contributed by atoms with Crippen LogP contribution >= 0.6 is 0 Å². The Morgan fingerprint density at radius 2 is 1.66 bits per heavy atom. The Balaban J connectivity index is 1.95. The minimum Gasteiger partial charge on any atom is -0.452 e. The summed E-state index contributed by atoms with van der Waals surface area (Å²) in [6.45, 7) is 10.4. The summed E-state index contributed by atoms with van der Waals surface area (Å²) in [5.41, 5.74) is 0.632. The molecule has 1 saturated heterocycles. The van der Waals surface area contributed by atoms with Crippen molar-refractivity contribution in [1.29, 1.82) is 0 Å². The van der Waals surface area contributed by atoms with E-state index in [1.54, 1.807) is 30.0 Å². The van der Waals surface area contributed by atoms with Gasteiger partial charge < -0.3 is 14.5 Å². The second-order valence-electron chi connectivity index (χ2n) is 8.02. The van der Waals surface area contributed by atoms with Crippen LogP contribution in [-0.4, -0.2) is 53.0 Å². The highest BCUT2D eigenvalue weighted by atomic mass is 16.6. The standard InChI is InChI=1S/C21H31N3O5/c1-14(2)23(15(3)4)20(25)16(5)29-21(26)17-10-12-22(13-11-17)18-8-6-7-9-19(18)24(27)28/h6-9,14-17H,10-13H2,1-5H3/t16-/m0/s1. The molecule has 1 amide bonds. The molecule has 1 aromatic rings. The number of carbonyl (C=O) groups is 2. The number of nitro benzene ring substituents is 1. The van der Waals surface area contributed by atoms with Crippen LogP contribution in [0.25, 0.3) is 0 Å². The number of hydrogen-bond acceptors (Lipinski definition) is 6. The molecular formula is C21H31N3O5. The summed E-state index contributed by atoms with van der Waals surface area (Å²) >= 11 is 0. The maximum atomic E-state index is 12.7. The van der Waals surface area contributed by atoms with Crippen molar-refractivity contribution in [2.75, 3.05) is 18.0 Å². The fourth-order valence-corrected chi connectivity index (χ4v) is 3.88. The molecule has 0 aromatic heterocycles. The number of nitrogens with zero attached hydrogens (tertiary/aromatic N) is 3. The van der Waals surface area contributed by atoms with Gasteiger partial charge in [0.2, 0.25) is 0 Å². The maximum Gasteiger partial charge on any atom is 0.309 e. The van der Waals surface area contributed by atoms with Gasteiger partial charge in [-0.25, -0.2) is 0 Å². The first-order chi connectivity index (χ1) is 13.6. The van der Waals surface area contributed by atoms with Crippen molar-refractivity contribution >= 4 is 23.3 Å². The molecule has 1 atom stereocenters. The third-order valence-electron chi connectivity index (χ3n) is 5.26. The lowest BCUT2D eigenvalue weighted by molar-refractivity contribution is -0.384. The minimum atomic E-state index is -0.833. The summed E-state index contributed by atoms with van der Waals surface area (Å²) in [6.07, 6.45) is 0.230. The topological polar surface area (TPSA) is 93.0 Å². The van der Waals surface area contributed by atoms with Crippen LogP contribution in [0.4, 0.5) is 11.4 Å². The predicted molar refractivity (Wildman–Crippen MR) is 111 cm³/mol. The molecule has 1 aliphatic rings. The molecule has 2 rings (SSSR count). The SMILES string of the molecule is CC(C)N(C(=O)[C@H](C)OC(=O)C1CCN(c2ccccc2[N+](=O)[O-])CC1)C(C)C. The molecule has 0 spiro atoms. The number of nitro groups is 1. The average Bonchev–Trinajstić information content (AvgIpc) is 2.67. The van der Waals surface area contributed by atoms with E-state index in [1.807, 2.05) is 32.6 Å². The van der Waals surface area contributed by atoms with Crippen molar-refractivity contribution < 1.29 is 19.2 Å². The summed E-state index contributed by atoms with van der Waals surface area (Å²) < 4.78 is 5.48. The van der Waals surface area contributed by atoms with Gasteiger partial charge in [-0.3, -0.25) is 19.7 Å². The third kappa shape index (κ3) is 5.46. The van der Waals surface area contributed by atoms with Gasteiger partial charge in [-0.1, -0.05) is 12.1 Å². The van der Waals surface area contributed by atoms with E-state index in [0.717, 1.165) is 0 Å². The van der Waals surface area contributed by atoms with E-state index in [1.165, 1.54) is 6.07 Å². The number of carbonyl (C=O) groups excluding carboxylic acids is 2. The Hall–Kier alpha value is -2.64. The fraction of sp³-hybridized carbons (Fsp3) is 0.619. The van der Waals surface area contributed by atoms with Crippen LogP contribution in [0.1, 0.15) is 47.5 Å². The van der Waals surface area contributed by atoms with Gasteiger partial charge in [0.25, 0.3) is 11.6 Å². The molecule has 160 valence electrons. The van der Waals surface area contributed by atoms with Crippen LogP contribution in [0.3, 0.4) is 0 Å². The van der Waals surface area contributed by atoms with Gasteiger partial charge in [-0.15, -0.1) is 0 Å². The molecule has 0 radical (unpaired) electrons. The van der Waals surface area contributed by atoms with Crippen molar-refractivity contribution in [3.63, 3.8) is 0 Å². The van der Waals surface area contributed by atoms with Crippen molar-refractivity contribution in [3.05, 3.63) is 34.4 Å². The Labute approximate surface area is 172 Å². The molecule has 8 nitrogen and oxygen atoms in total. The fourth-order valence-electron chi connectivity index (χ4n) is 3.88. The van der Waals surface area contributed by atoms with Gasteiger partial charge in [0.15, 0.2) is 6.10 Å². The van der Waals surface area contributed by atoms with Crippen LogP contribution in [-0.2, 0) is 14.3 Å². The number of piperidine rings is 1. The summed E-state index contributed by atoms with van der Waals surface area (Å²) in [7, 11) is 0. The van der Waals surface area contributed by atoms with Crippen LogP contribution in [0.5, 0.6) is 0 Å². The Bertz CT molecular complexity index is 734. The van der Waals surface area contributed by atoms with Gasteiger partial charge in [0, 0.05) is 31.2 Å². The molecule has 0 aliphatic carbocycles. The molecule has 1 heterocycles. The maximum absolute atomic E-state index is 12.7. The number of benzene rings is 1. The number of para-hydroxylation sites is 2. The van der Waals surface area contributed by atoms with Crippen molar-refractivity contribution in [2.45, 2.75) is 65.6 Å². The zero-order valence-electron chi connectivity index (χ0n) is 17.8. The van der Waals surface area contributed by atoms with Gasteiger partial charge in [-0.2, -0.15) is 0 Å². The first-order valence-electron chi connectivity index (χ1n) is 10.1. The quantitative estimate of drug-likeness (QED) is 0.392. The third-order valence-corrected chi connectivity index (χ3v) is 5.26. The highest BCUT2D eigenvalue weighted by molar-refractivity contribution is 5.84. The lowest BCUT2D eigenvalue weighted by atomic mass is 9.96. The van der Waals surface area contributed by atoms with Gasteiger partial charge in [0.1, 0.15) is 5.69 Å². The van der Waals surface area contributed by atoms with Crippen LogP contribution in [0.15, 0.2) is 24.3 Å². The van der Waals surface area contributed by atoms with E-state index in [0.29, 0.717) is 31.6 Å². The van der Waals surface area contributed by atoms with E-state index >= 15 is 0 Å². The van der Waals surface area contributed by atoms with E-state index < -0.39 is 11.0 Å². The van der Waals surface area contributed by atoms with Crippen molar-refractivity contribution in [1.82, 2.24) is 4.90 Å². The highest BCUT2D eigenvalue weighted by Gasteiger charge is 2.32. The highest BCUT2D eigenvalue weighted by Crippen LogP contribution is 2.31. The Morgan fingerprint density at radius 3 is 2.17 bits per heavy atom. The second kappa shape index (κ2) is 9.71. The van der Waals surface area contributed by atoms with Crippen molar-refractivity contribution in [2.24, 2.45) is 5.92 Å². The molecule has 0 bridgehead atoms. The summed E-state index contributed by atoms with van der Waals surface area (Å²) in [5, 5.41) is 11.2. The lowest BCUT2D eigenvalue weighted by Crippen LogP contribution is -2.48. The van der Waals surface area contributed by atoms with E-state index in [-0.39, 0.29) is 35.6 Å². The van der Waals surface area contributed by atoms with E-state index in [2.05, 4.69) is 0 Å².